The minimum absolute atomic E-state index is 0.00150. The lowest BCUT2D eigenvalue weighted by atomic mass is 10.1. The molecule has 2 heteroatoms. The molecule has 0 aliphatic carbocycles. The van der Waals surface area contributed by atoms with Crippen molar-refractivity contribution in [2.75, 3.05) is 0 Å². The summed E-state index contributed by atoms with van der Waals surface area (Å²) in [6, 6.07) is 10.3. The first-order valence-corrected chi connectivity index (χ1v) is 6.92. The molecule has 1 aromatic rings. The predicted octanol–water partition coefficient (Wildman–Crippen LogP) is 4.38. The lowest BCUT2D eigenvalue weighted by Crippen LogP contribution is -2.10. The lowest BCUT2D eigenvalue weighted by molar-refractivity contribution is -0.147. The van der Waals surface area contributed by atoms with Gasteiger partial charge in [0.2, 0.25) is 0 Å². The number of aryl methyl sites for hydroxylation is 1. The van der Waals surface area contributed by atoms with Crippen molar-refractivity contribution in [3.8, 4) is 0 Å². The zero-order valence-electron chi connectivity index (χ0n) is 12.1. The highest BCUT2D eigenvalue weighted by atomic mass is 16.5. The molecule has 0 aromatic heterocycles. The highest BCUT2D eigenvalue weighted by Crippen LogP contribution is 2.07. The summed E-state index contributed by atoms with van der Waals surface area (Å²) < 4.78 is 5.06. The number of hydrogen-bond acceptors (Lipinski definition) is 2. The molecule has 0 heterocycles. The molecule has 0 atom stereocenters. The van der Waals surface area contributed by atoms with E-state index in [0.29, 0.717) is 6.42 Å². The van der Waals surface area contributed by atoms with Crippen LogP contribution in [-0.2, 0) is 16.0 Å². The smallest absolute Gasteiger partial charge is 0.306 e. The molecule has 0 unspecified atom stereocenters. The third-order valence-corrected chi connectivity index (χ3v) is 2.31. The van der Waals surface area contributed by atoms with Crippen LogP contribution < -0.4 is 0 Å². The van der Waals surface area contributed by atoms with Crippen LogP contribution in [0.5, 0.6) is 0 Å². The molecule has 0 fully saturated rings. The molecule has 0 saturated heterocycles. The number of rotatable bonds is 6. The summed E-state index contributed by atoms with van der Waals surface area (Å²) in [7, 11) is 0. The summed E-state index contributed by atoms with van der Waals surface area (Å²) in [6.45, 7) is 7.75. The van der Waals surface area contributed by atoms with Gasteiger partial charge in [-0.2, -0.15) is 0 Å². The minimum Gasteiger partial charge on any atom is -0.463 e. The van der Waals surface area contributed by atoms with Crippen molar-refractivity contribution in [2.45, 2.75) is 59.5 Å². The van der Waals surface area contributed by atoms with Gasteiger partial charge in [0.05, 0.1) is 6.10 Å². The van der Waals surface area contributed by atoms with Gasteiger partial charge in [0.25, 0.3) is 0 Å². The SMILES string of the molecule is CC.CC(C)OC(=O)CCCCc1ccccc1. The Hall–Kier alpha value is -1.31. The molecule has 18 heavy (non-hydrogen) atoms. The molecule has 0 bridgehead atoms. The molecule has 0 radical (unpaired) electrons. The summed E-state index contributed by atoms with van der Waals surface area (Å²) in [5.74, 6) is -0.0805. The van der Waals surface area contributed by atoms with Gasteiger partial charge in [0.15, 0.2) is 0 Å². The van der Waals surface area contributed by atoms with E-state index in [9.17, 15) is 4.79 Å². The Labute approximate surface area is 111 Å². The molecule has 0 aliphatic rings. The van der Waals surface area contributed by atoms with Gasteiger partial charge in [-0.05, 0) is 38.7 Å². The Balaban J connectivity index is 0.00000137. The van der Waals surface area contributed by atoms with E-state index in [0.717, 1.165) is 19.3 Å². The maximum Gasteiger partial charge on any atom is 0.306 e. The maximum atomic E-state index is 11.2. The quantitative estimate of drug-likeness (QED) is 0.553. The van der Waals surface area contributed by atoms with Crippen LogP contribution in [0.15, 0.2) is 30.3 Å². The second-order valence-corrected chi connectivity index (χ2v) is 4.23. The molecule has 0 aliphatic heterocycles. The average molecular weight is 250 g/mol. The second-order valence-electron chi connectivity index (χ2n) is 4.23. The zero-order valence-corrected chi connectivity index (χ0v) is 12.1. The van der Waals surface area contributed by atoms with E-state index in [1.807, 2.05) is 45.9 Å². The summed E-state index contributed by atoms with van der Waals surface area (Å²) in [4.78, 5) is 11.2. The minimum atomic E-state index is -0.0805. The third kappa shape index (κ3) is 8.80. The first kappa shape index (κ1) is 16.7. The number of unbranched alkanes of at least 4 members (excludes halogenated alkanes) is 1. The number of carbonyl (C=O) groups excluding carboxylic acids is 1. The molecule has 1 aromatic carbocycles. The van der Waals surface area contributed by atoms with E-state index in [1.165, 1.54) is 5.56 Å². The molecular formula is C16H26O2. The highest BCUT2D eigenvalue weighted by molar-refractivity contribution is 5.69. The summed E-state index contributed by atoms with van der Waals surface area (Å²) >= 11 is 0. The van der Waals surface area contributed by atoms with Crippen LogP contribution in [0.1, 0.15) is 52.5 Å². The Morgan fingerprint density at radius 1 is 1.11 bits per heavy atom. The fourth-order valence-corrected chi connectivity index (χ4v) is 1.56. The molecule has 2 nitrogen and oxygen atoms in total. The molecule has 0 N–H and O–H groups in total. The molecule has 1 rings (SSSR count). The maximum absolute atomic E-state index is 11.2. The number of benzene rings is 1. The van der Waals surface area contributed by atoms with Crippen LogP contribution in [0.2, 0.25) is 0 Å². The van der Waals surface area contributed by atoms with E-state index in [1.54, 1.807) is 0 Å². The van der Waals surface area contributed by atoms with Crippen molar-refractivity contribution < 1.29 is 9.53 Å². The molecule has 0 amide bonds. The normalized spacial score (nSPS) is 9.61. The van der Waals surface area contributed by atoms with Gasteiger partial charge in [-0.25, -0.2) is 0 Å². The fraction of sp³-hybridized carbons (Fsp3) is 0.562. The zero-order chi connectivity index (χ0) is 13.8. The second kappa shape index (κ2) is 10.8. The average Bonchev–Trinajstić information content (AvgIpc) is 2.37. The summed E-state index contributed by atoms with van der Waals surface area (Å²) in [6.07, 6.45) is 3.51. The van der Waals surface area contributed by atoms with Gasteiger partial charge in [0.1, 0.15) is 0 Å². The van der Waals surface area contributed by atoms with Crippen molar-refractivity contribution in [3.63, 3.8) is 0 Å². The summed E-state index contributed by atoms with van der Waals surface area (Å²) in [5, 5.41) is 0. The third-order valence-electron chi connectivity index (χ3n) is 2.31. The summed E-state index contributed by atoms with van der Waals surface area (Å²) in [5.41, 5.74) is 1.33. The van der Waals surface area contributed by atoms with Crippen LogP contribution in [-0.4, -0.2) is 12.1 Å². The highest BCUT2D eigenvalue weighted by Gasteiger charge is 2.04. The van der Waals surface area contributed by atoms with E-state index in [-0.39, 0.29) is 12.1 Å². The van der Waals surface area contributed by atoms with Gasteiger partial charge in [-0.1, -0.05) is 44.2 Å². The topological polar surface area (TPSA) is 26.3 Å². The van der Waals surface area contributed by atoms with Crippen molar-refractivity contribution >= 4 is 5.97 Å². The van der Waals surface area contributed by atoms with Crippen molar-refractivity contribution in [2.24, 2.45) is 0 Å². The van der Waals surface area contributed by atoms with Crippen LogP contribution in [0.3, 0.4) is 0 Å². The molecule has 102 valence electrons. The lowest BCUT2D eigenvalue weighted by Gasteiger charge is -2.07. The predicted molar refractivity (Wildman–Crippen MR) is 76.6 cm³/mol. The molecular weight excluding hydrogens is 224 g/mol. The van der Waals surface area contributed by atoms with Crippen molar-refractivity contribution in [3.05, 3.63) is 35.9 Å². The largest absolute Gasteiger partial charge is 0.463 e. The van der Waals surface area contributed by atoms with E-state index in [4.69, 9.17) is 4.74 Å². The number of ether oxygens (including phenoxy) is 1. The van der Waals surface area contributed by atoms with Crippen molar-refractivity contribution in [1.82, 2.24) is 0 Å². The van der Waals surface area contributed by atoms with E-state index < -0.39 is 0 Å². The van der Waals surface area contributed by atoms with Gasteiger partial charge in [-0.15, -0.1) is 0 Å². The van der Waals surface area contributed by atoms with Gasteiger partial charge in [-0.3, -0.25) is 4.79 Å². The van der Waals surface area contributed by atoms with Crippen LogP contribution in [0, 0.1) is 0 Å². The fourth-order valence-electron chi connectivity index (χ4n) is 1.56. The van der Waals surface area contributed by atoms with E-state index in [2.05, 4.69) is 12.1 Å². The Morgan fingerprint density at radius 2 is 1.72 bits per heavy atom. The molecule has 0 spiro atoms. The Bertz CT molecular complexity index is 304. The van der Waals surface area contributed by atoms with Gasteiger partial charge in [0, 0.05) is 6.42 Å². The van der Waals surface area contributed by atoms with Crippen molar-refractivity contribution in [1.29, 1.82) is 0 Å². The van der Waals surface area contributed by atoms with Crippen LogP contribution in [0.25, 0.3) is 0 Å². The van der Waals surface area contributed by atoms with E-state index >= 15 is 0 Å². The Kier molecular flexibility index (Phi) is 10.0. The monoisotopic (exact) mass is 250 g/mol. The van der Waals surface area contributed by atoms with Crippen LogP contribution >= 0.6 is 0 Å². The Morgan fingerprint density at radius 3 is 2.28 bits per heavy atom. The first-order chi connectivity index (χ1) is 8.68. The number of hydrogen-bond donors (Lipinski definition) is 0. The van der Waals surface area contributed by atoms with Crippen LogP contribution in [0.4, 0.5) is 0 Å². The van der Waals surface area contributed by atoms with Gasteiger partial charge < -0.3 is 4.74 Å². The standard InChI is InChI=1S/C14H20O2.C2H6/c1-12(2)16-14(15)11-7-6-10-13-8-4-3-5-9-13;1-2/h3-5,8-9,12H,6-7,10-11H2,1-2H3;1-2H3. The number of carbonyl (C=O) groups is 1. The van der Waals surface area contributed by atoms with Gasteiger partial charge >= 0.3 is 5.97 Å². The first-order valence-electron chi connectivity index (χ1n) is 6.92. The number of esters is 1. The molecule has 0 saturated carbocycles.